The second kappa shape index (κ2) is 6.63. The first-order valence-electron chi connectivity index (χ1n) is 8.89. The van der Waals surface area contributed by atoms with Gasteiger partial charge in [0.15, 0.2) is 0 Å². The largest absolute Gasteiger partial charge is 0.493 e. The first-order chi connectivity index (χ1) is 12.3. The van der Waals surface area contributed by atoms with Crippen molar-refractivity contribution < 1.29 is 9.53 Å². The molecule has 4 rings (SSSR count). The Morgan fingerprint density at radius 3 is 2.88 bits per heavy atom. The summed E-state index contributed by atoms with van der Waals surface area (Å²) >= 11 is 0. The van der Waals surface area contributed by atoms with Gasteiger partial charge in [0.05, 0.1) is 12.6 Å². The minimum atomic E-state index is -0.0280. The molecule has 1 N–H and O–H groups in total. The number of carbonyl (C=O) groups excluding carboxylic acids is 1. The van der Waals surface area contributed by atoms with Gasteiger partial charge in [-0.25, -0.2) is 0 Å². The first kappa shape index (κ1) is 15.8. The lowest BCUT2D eigenvalue weighted by atomic mass is 10.0. The van der Waals surface area contributed by atoms with Crippen molar-refractivity contribution in [3.05, 3.63) is 65.9 Å². The Hall–Kier alpha value is -2.75. The summed E-state index contributed by atoms with van der Waals surface area (Å²) < 4.78 is 7.88. The van der Waals surface area contributed by atoms with Crippen molar-refractivity contribution >= 4 is 16.8 Å². The number of amides is 1. The van der Waals surface area contributed by atoms with E-state index >= 15 is 0 Å². The number of fused-ring (bicyclic) bond motifs is 2. The van der Waals surface area contributed by atoms with Gasteiger partial charge in [0.1, 0.15) is 11.4 Å². The fraction of sp³-hybridized carbons (Fsp3) is 0.286. The monoisotopic (exact) mass is 334 g/mol. The van der Waals surface area contributed by atoms with Gasteiger partial charge < -0.3 is 14.6 Å². The molecule has 1 aliphatic rings. The van der Waals surface area contributed by atoms with E-state index in [9.17, 15) is 4.79 Å². The van der Waals surface area contributed by atoms with Crippen LogP contribution < -0.4 is 10.1 Å². The third-order valence-corrected chi connectivity index (χ3v) is 4.85. The van der Waals surface area contributed by atoms with Crippen LogP contribution in [0.3, 0.4) is 0 Å². The van der Waals surface area contributed by atoms with Gasteiger partial charge in [-0.2, -0.15) is 0 Å². The smallest absolute Gasteiger partial charge is 0.268 e. The van der Waals surface area contributed by atoms with Crippen LogP contribution in [0.4, 0.5) is 0 Å². The zero-order valence-corrected chi connectivity index (χ0v) is 14.4. The number of hydrogen-bond donors (Lipinski definition) is 1. The van der Waals surface area contributed by atoms with E-state index in [4.69, 9.17) is 4.74 Å². The van der Waals surface area contributed by atoms with Crippen molar-refractivity contribution in [2.24, 2.45) is 0 Å². The number of nitrogens with zero attached hydrogens (tertiary/aromatic N) is 1. The molecular weight excluding hydrogens is 312 g/mol. The zero-order chi connectivity index (χ0) is 17.2. The summed E-state index contributed by atoms with van der Waals surface area (Å²) in [5.41, 5.74) is 2.87. The number of hydrogen-bond acceptors (Lipinski definition) is 2. The number of nitrogens with one attached hydrogen (secondary N) is 1. The fourth-order valence-corrected chi connectivity index (χ4v) is 3.65. The highest BCUT2D eigenvalue weighted by atomic mass is 16.5. The van der Waals surface area contributed by atoms with Crippen molar-refractivity contribution in [1.82, 2.24) is 9.88 Å². The number of aromatic nitrogens is 1. The molecule has 2 aromatic carbocycles. The second-order valence-electron chi connectivity index (χ2n) is 6.39. The summed E-state index contributed by atoms with van der Waals surface area (Å²) in [7, 11) is 0. The highest BCUT2D eigenvalue weighted by Crippen LogP contribution is 2.31. The van der Waals surface area contributed by atoms with Gasteiger partial charge in [0.25, 0.3) is 5.91 Å². The van der Waals surface area contributed by atoms with E-state index < -0.39 is 0 Å². The lowest BCUT2D eigenvalue weighted by molar-refractivity contribution is 0.0926. The molecule has 0 fully saturated rings. The fourth-order valence-electron chi connectivity index (χ4n) is 3.65. The predicted molar refractivity (Wildman–Crippen MR) is 99.0 cm³/mol. The van der Waals surface area contributed by atoms with E-state index in [1.54, 1.807) is 0 Å². The van der Waals surface area contributed by atoms with Crippen LogP contribution in [-0.2, 0) is 6.54 Å². The molecule has 1 atom stereocenters. The van der Waals surface area contributed by atoms with E-state index in [-0.39, 0.29) is 11.9 Å². The molecule has 1 aromatic heterocycles. The van der Waals surface area contributed by atoms with Crippen LogP contribution >= 0.6 is 0 Å². The molecule has 0 saturated carbocycles. The molecule has 1 aliphatic heterocycles. The number of ether oxygens (including phenoxy) is 1. The van der Waals surface area contributed by atoms with Gasteiger partial charge in [-0.15, -0.1) is 0 Å². The van der Waals surface area contributed by atoms with Crippen LogP contribution in [0.25, 0.3) is 10.9 Å². The molecule has 3 aromatic rings. The summed E-state index contributed by atoms with van der Waals surface area (Å²) in [5, 5.41) is 4.32. The SMILES string of the molecule is CCn1c(C(=O)NC2CCCOc3ccccc32)cc2ccccc21. The molecule has 0 bridgehead atoms. The summed E-state index contributed by atoms with van der Waals surface area (Å²) in [5.74, 6) is 0.848. The molecule has 0 aliphatic carbocycles. The van der Waals surface area contributed by atoms with Crippen LogP contribution in [0.5, 0.6) is 5.75 Å². The lowest BCUT2D eigenvalue weighted by Gasteiger charge is -2.19. The van der Waals surface area contributed by atoms with E-state index in [1.165, 1.54) is 0 Å². The van der Waals surface area contributed by atoms with Crippen LogP contribution in [0.2, 0.25) is 0 Å². The van der Waals surface area contributed by atoms with Crippen molar-refractivity contribution in [2.75, 3.05) is 6.61 Å². The minimum Gasteiger partial charge on any atom is -0.493 e. The highest BCUT2D eigenvalue weighted by molar-refractivity contribution is 5.99. The predicted octanol–water partition coefficient (Wildman–Crippen LogP) is 4.30. The Kier molecular flexibility index (Phi) is 4.18. The molecule has 128 valence electrons. The lowest BCUT2D eigenvalue weighted by Crippen LogP contribution is -2.30. The van der Waals surface area contributed by atoms with Crippen molar-refractivity contribution in [3.63, 3.8) is 0 Å². The Labute approximate surface area is 147 Å². The maximum Gasteiger partial charge on any atom is 0.268 e. The second-order valence-corrected chi connectivity index (χ2v) is 6.39. The number of carbonyl (C=O) groups is 1. The molecule has 4 nitrogen and oxygen atoms in total. The van der Waals surface area contributed by atoms with Crippen molar-refractivity contribution in [1.29, 1.82) is 0 Å². The van der Waals surface area contributed by atoms with Crippen molar-refractivity contribution in [2.45, 2.75) is 32.4 Å². The van der Waals surface area contributed by atoms with E-state index in [0.29, 0.717) is 12.3 Å². The quantitative estimate of drug-likeness (QED) is 0.776. The minimum absolute atomic E-state index is 0.0190. The summed E-state index contributed by atoms with van der Waals surface area (Å²) in [4.78, 5) is 13.0. The van der Waals surface area contributed by atoms with Gasteiger partial charge in [-0.05, 0) is 38.0 Å². The van der Waals surface area contributed by atoms with Gasteiger partial charge in [0, 0.05) is 23.0 Å². The number of rotatable bonds is 3. The van der Waals surface area contributed by atoms with Gasteiger partial charge >= 0.3 is 0 Å². The number of aryl methyl sites for hydroxylation is 1. The molecule has 1 unspecified atom stereocenters. The Morgan fingerprint density at radius 2 is 2.00 bits per heavy atom. The van der Waals surface area contributed by atoms with Gasteiger partial charge in [0.2, 0.25) is 0 Å². The number of para-hydroxylation sites is 2. The van der Waals surface area contributed by atoms with Gasteiger partial charge in [-0.1, -0.05) is 36.4 Å². The zero-order valence-electron chi connectivity index (χ0n) is 14.4. The molecule has 0 radical (unpaired) electrons. The summed E-state index contributed by atoms with van der Waals surface area (Å²) in [6.07, 6.45) is 1.81. The molecular formula is C21H22N2O2. The average Bonchev–Trinajstić information content (AvgIpc) is 2.91. The maximum absolute atomic E-state index is 13.0. The van der Waals surface area contributed by atoms with E-state index in [2.05, 4.69) is 22.9 Å². The van der Waals surface area contributed by atoms with Crippen LogP contribution in [0.15, 0.2) is 54.6 Å². The first-order valence-corrected chi connectivity index (χ1v) is 8.89. The van der Waals surface area contributed by atoms with Crippen LogP contribution in [-0.4, -0.2) is 17.1 Å². The van der Waals surface area contributed by atoms with Crippen molar-refractivity contribution in [3.8, 4) is 5.75 Å². The third-order valence-electron chi connectivity index (χ3n) is 4.85. The Bertz CT molecular complexity index is 913. The third kappa shape index (κ3) is 2.88. The molecule has 2 heterocycles. The summed E-state index contributed by atoms with van der Waals surface area (Å²) in [6, 6.07) is 18.1. The van der Waals surface area contributed by atoms with Crippen LogP contribution in [0, 0.1) is 0 Å². The van der Waals surface area contributed by atoms with E-state index in [1.807, 2.05) is 48.5 Å². The maximum atomic E-state index is 13.0. The standard InChI is InChI=1S/C21H22N2O2/c1-2-23-18-11-5-3-8-15(18)14-19(23)21(24)22-17-10-7-13-25-20-12-6-4-9-16(17)20/h3-6,8-9,11-12,14,17H,2,7,10,13H2,1H3,(H,22,24). The number of benzene rings is 2. The highest BCUT2D eigenvalue weighted by Gasteiger charge is 2.23. The molecule has 4 heteroatoms. The average molecular weight is 334 g/mol. The summed E-state index contributed by atoms with van der Waals surface area (Å²) in [6.45, 7) is 3.53. The molecule has 25 heavy (non-hydrogen) atoms. The topological polar surface area (TPSA) is 43.3 Å². The Balaban J connectivity index is 1.67. The molecule has 0 saturated heterocycles. The Morgan fingerprint density at radius 1 is 1.20 bits per heavy atom. The molecule has 0 spiro atoms. The van der Waals surface area contributed by atoms with Gasteiger partial charge in [-0.3, -0.25) is 4.79 Å². The normalized spacial score (nSPS) is 16.8. The van der Waals surface area contributed by atoms with Crippen LogP contribution in [0.1, 0.15) is 41.9 Å². The van der Waals surface area contributed by atoms with E-state index in [0.717, 1.165) is 41.6 Å². The molecule has 1 amide bonds.